The van der Waals surface area contributed by atoms with Crippen LogP contribution in [0.15, 0.2) is 84.0 Å². The van der Waals surface area contributed by atoms with E-state index in [1.54, 1.807) is 23.9 Å². The first kappa shape index (κ1) is 18.3. The van der Waals surface area contributed by atoms with Crippen LogP contribution in [-0.4, -0.2) is 15.9 Å². The number of aromatic amines is 1. The minimum absolute atomic E-state index is 0.257. The quantitative estimate of drug-likeness (QED) is 0.355. The summed E-state index contributed by atoms with van der Waals surface area (Å²) in [5, 5.41) is 0.886. The van der Waals surface area contributed by atoms with Crippen molar-refractivity contribution in [2.75, 3.05) is 0 Å². The zero-order valence-electron chi connectivity index (χ0n) is 15.1. The maximum Gasteiger partial charge on any atom is 0.274 e. The molecule has 0 aliphatic rings. The lowest BCUT2D eigenvalue weighted by Gasteiger charge is -2.07. The fourth-order valence-corrected chi connectivity index (χ4v) is 3.56. The number of imidazole rings is 1. The molecular weight excluding hydrogens is 370 g/mol. The Labute approximate surface area is 167 Å². The van der Waals surface area contributed by atoms with Crippen LogP contribution in [-0.2, 0) is 17.2 Å². The molecular formula is C22H19N3O2S. The number of aromatic nitrogens is 2. The smallest absolute Gasteiger partial charge is 0.274 e. The SMILES string of the molecule is O=C(NOCc1ccccc1)c1ccc(CSc2nc3ccccc3[nH]2)cc1. The number of nitrogens with zero attached hydrogens (tertiary/aromatic N) is 1. The van der Waals surface area contributed by atoms with Crippen LogP contribution in [0.3, 0.4) is 0 Å². The number of rotatable bonds is 7. The van der Waals surface area contributed by atoms with Gasteiger partial charge in [0, 0.05) is 11.3 Å². The predicted molar refractivity (Wildman–Crippen MR) is 111 cm³/mol. The fraction of sp³-hybridized carbons (Fsp3) is 0.0909. The van der Waals surface area contributed by atoms with Crippen molar-refractivity contribution in [2.24, 2.45) is 0 Å². The molecule has 0 unspecified atom stereocenters. The molecule has 4 aromatic rings. The van der Waals surface area contributed by atoms with Crippen molar-refractivity contribution in [1.82, 2.24) is 15.4 Å². The molecule has 2 N–H and O–H groups in total. The van der Waals surface area contributed by atoms with E-state index in [4.69, 9.17) is 4.84 Å². The zero-order chi connectivity index (χ0) is 19.2. The second kappa shape index (κ2) is 8.73. The lowest BCUT2D eigenvalue weighted by atomic mass is 10.1. The van der Waals surface area contributed by atoms with Crippen molar-refractivity contribution in [3.63, 3.8) is 0 Å². The topological polar surface area (TPSA) is 67.0 Å². The first-order valence-electron chi connectivity index (χ1n) is 8.90. The highest BCUT2D eigenvalue weighted by Crippen LogP contribution is 2.23. The molecule has 3 aromatic carbocycles. The normalized spacial score (nSPS) is 10.9. The summed E-state index contributed by atoms with van der Waals surface area (Å²) in [5.74, 6) is 0.513. The Morgan fingerprint density at radius 3 is 2.46 bits per heavy atom. The van der Waals surface area contributed by atoms with Gasteiger partial charge in [0.05, 0.1) is 17.6 Å². The number of thioether (sulfide) groups is 1. The molecule has 1 aromatic heterocycles. The molecule has 1 heterocycles. The summed E-state index contributed by atoms with van der Waals surface area (Å²) in [6, 6.07) is 25.2. The minimum atomic E-state index is -0.257. The molecule has 0 fully saturated rings. The van der Waals surface area contributed by atoms with Crippen molar-refractivity contribution < 1.29 is 9.63 Å². The van der Waals surface area contributed by atoms with Crippen molar-refractivity contribution in [3.8, 4) is 0 Å². The number of hydroxylamine groups is 1. The second-order valence-electron chi connectivity index (χ2n) is 6.25. The first-order valence-corrected chi connectivity index (χ1v) is 9.89. The van der Waals surface area contributed by atoms with Crippen molar-refractivity contribution in [1.29, 1.82) is 0 Å². The number of fused-ring (bicyclic) bond motifs is 1. The van der Waals surface area contributed by atoms with Gasteiger partial charge in [0.15, 0.2) is 5.16 Å². The van der Waals surface area contributed by atoms with Crippen molar-refractivity contribution in [3.05, 3.63) is 95.6 Å². The number of nitrogens with one attached hydrogen (secondary N) is 2. The average molecular weight is 389 g/mol. The lowest BCUT2D eigenvalue weighted by molar-refractivity contribution is 0.0233. The molecule has 5 nitrogen and oxygen atoms in total. The Morgan fingerprint density at radius 1 is 0.929 bits per heavy atom. The van der Waals surface area contributed by atoms with Gasteiger partial charge in [-0.25, -0.2) is 10.5 Å². The molecule has 0 aliphatic heterocycles. The van der Waals surface area contributed by atoms with Gasteiger partial charge in [-0.05, 0) is 35.4 Å². The molecule has 140 valence electrons. The average Bonchev–Trinajstić information content (AvgIpc) is 3.16. The summed E-state index contributed by atoms with van der Waals surface area (Å²) >= 11 is 1.63. The van der Waals surface area contributed by atoms with Gasteiger partial charge in [-0.1, -0.05) is 66.4 Å². The van der Waals surface area contributed by atoms with Gasteiger partial charge in [-0.2, -0.15) is 0 Å². The summed E-state index contributed by atoms with van der Waals surface area (Å²) in [4.78, 5) is 25.3. The third-order valence-corrected chi connectivity index (χ3v) is 5.15. The van der Waals surface area contributed by atoms with E-state index in [1.165, 1.54) is 0 Å². The van der Waals surface area contributed by atoms with Crippen molar-refractivity contribution >= 4 is 28.7 Å². The summed E-state index contributed by atoms with van der Waals surface area (Å²) in [5.41, 5.74) is 7.16. The van der Waals surface area contributed by atoms with Crippen LogP contribution in [0, 0.1) is 0 Å². The first-order chi connectivity index (χ1) is 13.8. The summed E-state index contributed by atoms with van der Waals surface area (Å²) in [6.45, 7) is 0.332. The van der Waals surface area contributed by atoms with E-state index in [0.29, 0.717) is 12.2 Å². The Kier molecular flexibility index (Phi) is 5.70. The third kappa shape index (κ3) is 4.60. The predicted octanol–water partition coefficient (Wildman–Crippen LogP) is 4.72. The lowest BCUT2D eigenvalue weighted by Crippen LogP contribution is -2.23. The Morgan fingerprint density at radius 2 is 1.68 bits per heavy atom. The largest absolute Gasteiger partial charge is 0.333 e. The Hall–Kier alpha value is -3.09. The monoisotopic (exact) mass is 389 g/mol. The maximum absolute atomic E-state index is 12.2. The van der Waals surface area contributed by atoms with Gasteiger partial charge in [-0.15, -0.1) is 0 Å². The molecule has 0 saturated heterocycles. The van der Waals surface area contributed by atoms with Crippen LogP contribution < -0.4 is 5.48 Å². The van der Waals surface area contributed by atoms with Gasteiger partial charge in [-0.3, -0.25) is 9.63 Å². The highest BCUT2D eigenvalue weighted by molar-refractivity contribution is 7.98. The van der Waals surface area contributed by atoms with Crippen LogP contribution in [0.4, 0.5) is 0 Å². The van der Waals surface area contributed by atoms with Crippen LogP contribution >= 0.6 is 11.8 Å². The highest BCUT2D eigenvalue weighted by Gasteiger charge is 2.07. The van der Waals surface area contributed by atoms with E-state index < -0.39 is 0 Å². The number of benzene rings is 3. The van der Waals surface area contributed by atoms with Gasteiger partial charge >= 0.3 is 0 Å². The van der Waals surface area contributed by atoms with E-state index in [0.717, 1.165) is 33.1 Å². The standard InChI is InChI=1S/C22H19N3O2S/c26-21(25-27-14-16-6-2-1-3-7-16)18-12-10-17(11-13-18)15-28-22-23-19-8-4-5-9-20(19)24-22/h1-13H,14-15H2,(H,23,24)(H,25,26). The second-order valence-corrected chi connectivity index (χ2v) is 7.21. The van der Waals surface area contributed by atoms with E-state index in [2.05, 4.69) is 15.4 Å². The highest BCUT2D eigenvalue weighted by atomic mass is 32.2. The number of amides is 1. The van der Waals surface area contributed by atoms with E-state index in [-0.39, 0.29) is 5.91 Å². The van der Waals surface area contributed by atoms with Gasteiger partial charge in [0.2, 0.25) is 0 Å². The van der Waals surface area contributed by atoms with Gasteiger partial charge in [0.25, 0.3) is 5.91 Å². The number of hydrogen-bond acceptors (Lipinski definition) is 4. The summed E-state index contributed by atoms with van der Waals surface area (Å²) in [7, 11) is 0. The third-order valence-electron chi connectivity index (χ3n) is 4.21. The van der Waals surface area contributed by atoms with E-state index >= 15 is 0 Å². The Balaban J connectivity index is 1.28. The molecule has 0 atom stereocenters. The molecule has 0 spiro atoms. The van der Waals surface area contributed by atoms with Gasteiger partial charge in [0.1, 0.15) is 0 Å². The number of carbonyl (C=O) groups is 1. The molecule has 4 rings (SSSR count). The van der Waals surface area contributed by atoms with Gasteiger partial charge < -0.3 is 4.98 Å². The van der Waals surface area contributed by atoms with Crippen LogP contribution in [0.1, 0.15) is 21.5 Å². The molecule has 0 bridgehead atoms. The zero-order valence-corrected chi connectivity index (χ0v) is 15.9. The number of carbonyl (C=O) groups excluding carboxylic acids is 1. The molecule has 1 amide bonds. The number of para-hydroxylation sites is 2. The van der Waals surface area contributed by atoms with Crippen LogP contribution in [0.5, 0.6) is 0 Å². The summed E-state index contributed by atoms with van der Waals surface area (Å²) < 4.78 is 0. The molecule has 0 saturated carbocycles. The van der Waals surface area contributed by atoms with Crippen LogP contribution in [0.25, 0.3) is 11.0 Å². The number of hydrogen-bond donors (Lipinski definition) is 2. The van der Waals surface area contributed by atoms with Crippen LogP contribution in [0.2, 0.25) is 0 Å². The molecule has 0 radical (unpaired) electrons. The van der Waals surface area contributed by atoms with Crippen molar-refractivity contribution in [2.45, 2.75) is 17.5 Å². The van der Waals surface area contributed by atoms with E-state index in [1.807, 2.05) is 66.7 Å². The minimum Gasteiger partial charge on any atom is -0.333 e. The number of H-pyrrole nitrogens is 1. The molecule has 28 heavy (non-hydrogen) atoms. The molecule has 6 heteroatoms. The molecule has 0 aliphatic carbocycles. The fourth-order valence-electron chi connectivity index (χ4n) is 2.72. The maximum atomic E-state index is 12.2. The summed E-state index contributed by atoms with van der Waals surface area (Å²) in [6.07, 6.45) is 0. The van der Waals surface area contributed by atoms with E-state index in [9.17, 15) is 4.79 Å². The Bertz CT molecular complexity index is 1030.